The van der Waals surface area contributed by atoms with Gasteiger partial charge in [0, 0.05) is 25.5 Å². The lowest BCUT2D eigenvalue weighted by atomic mass is 9.99. The minimum absolute atomic E-state index is 0.0993. The molecule has 1 amide bonds. The smallest absolute Gasteiger partial charge is 0.229 e. The second kappa shape index (κ2) is 10.1. The number of benzene rings is 2. The summed E-state index contributed by atoms with van der Waals surface area (Å²) in [5.41, 5.74) is 9.42. The number of hydrogen-bond acceptors (Lipinski definition) is 7. The predicted octanol–water partition coefficient (Wildman–Crippen LogP) is 2.19. The lowest BCUT2D eigenvalue weighted by Crippen LogP contribution is -2.32. The largest absolute Gasteiger partial charge is 0.394 e. The molecular weight excluding hydrogens is 432 g/mol. The number of amides is 1. The van der Waals surface area contributed by atoms with Crippen LogP contribution in [0.3, 0.4) is 0 Å². The Balaban J connectivity index is 1.63. The Bertz CT molecular complexity index is 1230. The van der Waals surface area contributed by atoms with E-state index in [0.29, 0.717) is 30.3 Å². The van der Waals surface area contributed by atoms with Crippen molar-refractivity contribution in [3.05, 3.63) is 77.0 Å². The number of aliphatic imine (C=N–C) groups is 1. The fourth-order valence-electron chi connectivity index (χ4n) is 3.75. The van der Waals surface area contributed by atoms with Gasteiger partial charge in [0.25, 0.3) is 0 Å². The number of aromatic nitrogens is 2. The summed E-state index contributed by atoms with van der Waals surface area (Å²) in [7, 11) is 1.79. The summed E-state index contributed by atoms with van der Waals surface area (Å²) in [5, 5.41) is 24.6. The van der Waals surface area contributed by atoms with E-state index in [0.717, 1.165) is 28.7 Å². The minimum Gasteiger partial charge on any atom is -0.394 e. The summed E-state index contributed by atoms with van der Waals surface area (Å²) in [4.78, 5) is 26.4. The van der Waals surface area contributed by atoms with Crippen LogP contribution in [0.15, 0.2) is 59.7 Å². The minimum atomic E-state index is -0.450. The van der Waals surface area contributed by atoms with E-state index in [2.05, 4.69) is 25.6 Å². The molecule has 0 fully saturated rings. The molecule has 174 valence electrons. The van der Waals surface area contributed by atoms with Gasteiger partial charge < -0.3 is 26.4 Å². The molecule has 10 nitrogen and oxygen atoms in total. The highest BCUT2D eigenvalue weighted by Gasteiger charge is 2.21. The average Bonchev–Trinajstić information content (AvgIpc) is 2.84. The number of hydrogen-bond donors (Lipinski definition) is 5. The van der Waals surface area contributed by atoms with Gasteiger partial charge in [-0.15, -0.1) is 0 Å². The van der Waals surface area contributed by atoms with E-state index >= 15 is 0 Å². The van der Waals surface area contributed by atoms with Crippen molar-refractivity contribution in [2.75, 3.05) is 24.3 Å². The van der Waals surface area contributed by atoms with Gasteiger partial charge >= 0.3 is 0 Å². The fourth-order valence-corrected chi connectivity index (χ4v) is 3.75. The molecule has 0 bridgehead atoms. The van der Waals surface area contributed by atoms with Gasteiger partial charge in [0.1, 0.15) is 5.82 Å². The van der Waals surface area contributed by atoms with Crippen molar-refractivity contribution < 1.29 is 9.90 Å². The number of fused-ring (bicyclic) bond motifs is 1. The van der Waals surface area contributed by atoms with Crippen LogP contribution in [-0.4, -0.2) is 51.7 Å². The van der Waals surface area contributed by atoms with Crippen LogP contribution in [0.25, 0.3) is 0 Å². The second-order valence-corrected chi connectivity index (χ2v) is 7.91. The molecule has 10 heteroatoms. The summed E-state index contributed by atoms with van der Waals surface area (Å²) >= 11 is 0. The molecule has 0 aliphatic carbocycles. The molecule has 34 heavy (non-hydrogen) atoms. The van der Waals surface area contributed by atoms with Gasteiger partial charge in [-0.2, -0.15) is 4.98 Å². The first-order valence-electron chi connectivity index (χ1n) is 10.7. The molecular formula is C24H26N8O2. The zero-order chi connectivity index (χ0) is 24.1. The fraction of sp³-hybridized carbons (Fsp3) is 0.208. The van der Waals surface area contributed by atoms with Gasteiger partial charge in [0.2, 0.25) is 11.9 Å². The van der Waals surface area contributed by atoms with E-state index in [1.807, 2.05) is 48.5 Å². The zero-order valence-electron chi connectivity index (χ0n) is 18.7. The first-order valence-corrected chi connectivity index (χ1v) is 10.7. The third kappa shape index (κ3) is 5.02. The van der Waals surface area contributed by atoms with Gasteiger partial charge in [-0.1, -0.05) is 36.4 Å². The molecule has 2 aromatic carbocycles. The van der Waals surface area contributed by atoms with E-state index in [4.69, 9.17) is 11.1 Å². The van der Waals surface area contributed by atoms with Gasteiger partial charge in [0.05, 0.1) is 31.0 Å². The Morgan fingerprint density at radius 2 is 2.09 bits per heavy atom. The number of nitrogens with one attached hydrogen (secondary N) is 3. The van der Waals surface area contributed by atoms with E-state index in [-0.39, 0.29) is 18.3 Å². The molecule has 1 aliphatic rings. The van der Waals surface area contributed by atoms with Crippen molar-refractivity contribution in [2.45, 2.75) is 19.0 Å². The number of aliphatic hydroxyl groups excluding tert-OH is 1. The molecule has 3 aromatic rings. The summed E-state index contributed by atoms with van der Waals surface area (Å²) in [5.74, 6) is 0.630. The second-order valence-electron chi connectivity index (χ2n) is 7.91. The van der Waals surface area contributed by atoms with Crippen LogP contribution in [-0.2, 0) is 17.8 Å². The molecule has 4 rings (SSSR count). The predicted molar refractivity (Wildman–Crippen MR) is 131 cm³/mol. The van der Waals surface area contributed by atoms with Crippen LogP contribution in [0.2, 0.25) is 0 Å². The molecule has 1 aliphatic heterocycles. The Labute approximate surface area is 197 Å². The first kappa shape index (κ1) is 22.9. The van der Waals surface area contributed by atoms with Crippen LogP contribution in [0.4, 0.5) is 17.5 Å². The molecule has 0 unspecified atom stereocenters. The van der Waals surface area contributed by atoms with Crippen LogP contribution in [0.1, 0.15) is 28.3 Å². The van der Waals surface area contributed by atoms with Gasteiger partial charge in [-0.05, 0) is 28.8 Å². The summed E-state index contributed by atoms with van der Waals surface area (Å²) < 4.78 is 0. The molecule has 0 saturated carbocycles. The summed E-state index contributed by atoms with van der Waals surface area (Å²) in [6.45, 7) is 0.362. The maximum atomic E-state index is 11.9. The number of nitrogens with zero attached hydrogens (tertiary/aromatic N) is 4. The highest BCUT2D eigenvalue weighted by Crippen LogP contribution is 2.26. The normalized spacial score (nSPS) is 14.1. The topological polar surface area (TPSA) is 153 Å². The number of amidine groups is 1. The molecule has 0 saturated heterocycles. The van der Waals surface area contributed by atoms with E-state index in [1.165, 1.54) is 6.20 Å². The molecule has 6 N–H and O–H groups in total. The number of carbonyl (C=O) groups excluding carboxylic acids is 1. The van der Waals surface area contributed by atoms with Gasteiger partial charge in [-0.3, -0.25) is 10.2 Å². The van der Waals surface area contributed by atoms with Gasteiger partial charge in [0.15, 0.2) is 5.84 Å². The van der Waals surface area contributed by atoms with E-state index < -0.39 is 6.04 Å². The van der Waals surface area contributed by atoms with Crippen molar-refractivity contribution >= 4 is 35.5 Å². The zero-order valence-corrected chi connectivity index (χ0v) is 18.7. The van der Waals surface area contributed by atoms with Crippen LogP contribution >= 0.6 is 0 Å². The molecule has 1 aromatic heterocycles. The SMILES string of the molecule is CN1Cc2cc(Nc3ncc(C(=N)N=CN)c(N[C@H](CO)c4ccccc4)n3)ccc2CC1=O. The quantitative estimate of drug-likeness (QED) is 0.269. The highest BCUT2D eigenvalue weighted by atomic mass is 16.3. The summed E-state index contributed by atoms with van der Waals surface area (Å²) in [6.07, 6.45) is 2.91. The van der Waals surface area contributed by atoms with Crippen molar-refractivity contribution in [3.63, 3.8) is 0 Å². The highest BCUT2D eigenvalue weighted by molar-refractivity contribution is 6.04. The Hall–Kier alpha value is -4.31. The number of likely N-dealkylation sites (N-methyl/N-ethyl adjacent to an activating group) is 1. The summed E-state index contributed by atoms with van der Waals surface area (Å²) in [6, 6.07) is 14.8. The Kier molecular flexibility index (Phi) is 6.79. The first-order chi connectivity index (χ1) is 16.5. The third-order valence-electron chi connectivity index (χ3n) is 5.58. The van der Waals surface area contributed by atoms with Crippen LogP contribution in [0.5, 0.6) is 0 Å². The number of carbonyl (C=O) groups is 1. The van der Waals surface area contributed by atoms with E-state index in [9.17, 15) is 9.90 Å². The standard InChI is InChI=1S/C24H26N8O2/c1-32-12-17-9-18(8-7-16(17)10-21(32)34)29-24-27-11-19(22(26)28-14-25)23(31-24)30-20(13-33)15-5-3-2-4-6-15/h2-9,11,14,20,33H,10,12-13H2,1H3,(H3,25,26,28)(H2,27,29,30,31)/t20-/m1/s1. The van der Waals surface area contributed by atoms with Crippen molar-refractivity contribution in [3.8, 4) is 0 Å². The van der Waals surface area contributed by atoms with Crippen molar-refractivity contribution in [1.29, 1.82) is 5.41 Å². The van der Waals surface area contributed by atoms with Gasteiger partial charge in [-0.25, -0.2) is 9.98 Å². The molecule has 0 radical (unpaired) electrons. The van der Waals surface area contributed by atoms with Crippen molar-refractivity contribution in [2.24, 2.45) is 10.7 Å². The lowest BCUT2D eigenvalue weighted by molar-refractivity contribution is -0.130. The molecule has 2 heterocycles. The number of anilines is 3. The third-order valence-corrected chi connectivity index (χ3v) is 5.58. The molecule has 1 atom stereocenters. The maximum Gasteiger partial charge on any atom is 0.229 e. The molecule has 0 spiro atoms. The van der Waals surface area contributed by atoms with Crippen LogP contribution < -0.4 is 16.4 Å². The monoisotopic (exact) mass is 458 g/mol. The van der Waals surface area contributed by atoms with E-state index in [1.54, 1.807) is 11.9 Å². The number of nitrogens with two attached hydrogens (primary N) is 1. The average molecular weight is 459 g/mol. The lowest BCUT2D eigenvalue weighted by Gasteiger charge is -2.25. The maximum absolute atomic E-state index is 11.9. The Morgan fingerprint density at radius 3 is 2.82 bits per heavy atom. The number of rotatable bonds is 7. The Morgan fingerprint density at radius 1 is 1.29 bits per heavy atom. The number of aliphatic hydroxyl groups is 1. The van der Waals surface area contributed by atoms with Crippen molar-refractivity contribution in [1.82, 2.24) is 14.9 Å². The van der Waals surface area contributed by atoms with Crippen LogP contribution in [0, 0.1) is 5.41 Å².